The van der Waals surface area contributed by atoms with E-state index in [1.54, 1.807) is 12.1 Å². The molecule has 2 aromatic rings. The fraction of sp³-hybridized carbons (Fsp3) is 0.389. The second-order valence-corrected chi connectivity index (χ2v) is 6.56. The Morgan fingerprint density at radius 2 is 2.04 bits per heavy atom. The Labute approximate surface area is 140 Å². The molecule has 0 aliphatic carbocycles. The van der Waals surface area contributed by atoms with Crippen molar-refractivity contribution in [2.24, 2.45) is 0 Å². The van der Waals surface area contributed by atoms with Gasteiger partial charge in [0.15, 0.2) is 0 Å². The minimum absolute atomic E-state index is 0.119. The largest absolute Gasteiger partial charge is 0.369 e. The zero-order valence-corrected chi connectivity index (χ0v) is 13.7. The molecule has 124 valence electrons. The molecule has 0 saturated carbocycles. The van der Waals surface area contributed by atoms with Crippen molar-refractivity contribution < 1.29 is 4.92 Å². The maximum atomic E-state index is 11.1. The van der Waals surface area contributed by atoms with Crippen molar-refractivity contribution in [1.82, 2.24) is 9.88 Å². The number of hydrogen-bond acceptors (Lipinski definition) is 5. The van der Waals surface area contributed by atoms with Gasteiger partial charge in [0.05, 0.1) is 10.4 Å². The number of benzene rings is 1. The molecule has 1 aromatic carbocycles. The van der Waals surface area contributed by atoms with Crippen LogP contribution in [0.5, 0.6) is 0 Å². The normalized spacial score (nSPS) is 21.0. The van der Waals surface area contributed by atoms with Gasteiger partial charge in [-0.05, 0) is 25.5 Å². The van der Waals surface area contributed by atoms with E-state index in [4.69, 9.17) is 0 Å². The average molecular weight is 324 g/mol. The minimum Gasteiger partial charge on any atom is -0.369 e. The molecule has 3 heterocycles. The quantitative estimate of drug-likeness (QED) is 0.493. The van der Waals surface area contributed by atoms with Crippen LogP contribution in [0, 0.1) is 17.0 Å². The Hall–Kier alpha value is -2.47. The molecule has 4 rings (SSSR count). The zero-order chi connectivity index (χ0) is 16.7. The summed E-state index contributed by atoms with van der Waals surface area (Å²) in [7, 11) is 0. The molecule has 2 aliphatic rings. The summed E-state index contributed by atoms with van der Waals surface area (Å²) < 4.78 is 0. The van der Waals surface area contributed by atoms with Crippen LogP contribution < -0.4 is 4.90 Å². The fourth-order valence-electron chi connectivity index (χ4n) is 3.75. The second kappa shape index (κ2) is 5.87. The molecule has 6 nitrogen and oxygen atoms in total. The molecule has 0 bridgehead atoms. The third-order valence-electron chi connectivity index (χ3n) is 4.98. The van der Waals surface area contributed by atoms with Crippen LogP contribution >= 0.6 is 0 Å². The van der Waals surface area contributed by atoms with Gasteiger partial charge in [0.1, 0.15) is 0 Å². The van der Waals surface area contributed by atoms with E-state index in [0.717, 1.165) is 54.9 Å². The molecule has 1 atom stereocenters. The summed E-state index contributed by atoms with van der Waals surface area (Å²) in [5.74, 6) is 0. The number of aromatic nitrogens is 1. The highest BCUT2D eigenvalue weighted by atomic mass is 16.6. The lowest BCUT2D eigenvalue weighted by atomic mass is 10.1. The molecular formula is C18H20N4O2. The summed E-state index contributed by atoms with van der Waals surface area (Å²) in [4.78, 5) is 20.2. The third kappa shape index (κ3) is 2.63. The number of rotatable bonds is 3. The van der Waals surface area contributed by atoms with Gasteiger partial charge in [-0.2, -0.15) is 0 Å². The van der Waals surface area contributed by atoms with Gasteiger partial charge >= 0.3 is 0 Å². The van der Waals surface area contributed by atoms with Gasteiger partial charge in [0.2, 0.25) is 0 Å². The summed E-state index contributed by atoms with van der Waals surface area (Å²) in [6, 6.07) is 7.53. The summed E-state index contributed by atoms with van der Waals surface area (Å²) in [6.07, 6.45) is 5.56. The number of non-ortho nitro benzene ring substituents is 1. The predicted octanol–water partition coefficient (Wildman–Crippen LogP) is 2.90. The molecule has 1 fully saturated rings. The van der Waals surface area contributed by atoms with E-state index in [9.17, 15) is 10.1 Å². The highest BCUT2D eigenvalue weighted by molar-refractivity contribution is 5.93. The number of fused-ring (bicyclic) bond motifs is 1. The Morgan fingerprint density at radius 1 is 1.25 bits per heavy atom. The molecule has 6 heteroatoms. The summed E-state index contributed by atoms with van der Waals surface area (Å²) >= 11 is 0. The van der Waals surface area contributed by atoms with Crippen LogP contribution in [0.4, 0.5) is 11.4 Å². The topological polar surface area (TPSA) is 62.5 Å². The van der Waals surface area contributed by atoms with Crippen LogP contribution in [-0.2, 0) is 0 Å². The lowest BCUT2D eigenvalue weighted by molar-refractivity contribution is -0.384. The number of nitro groups is 1. The Morgan fingerprint density at radius 3 is 2.79 bits per heavy atom. The van der Waals surface area contributed by atoms with Gasteiger partial charge in [-0.25, -0.2) is 0 Å². The van der Waals surface area contributed by atoms with Crippen molar-refractivity contribution in [3.63, 3.8) is 0 Å². The first-order valence-corrected chi connectivity index (χ1v) is 8.31. The number of nitro benzene ring substituents is 1. The van der Waals surface area contributed by atoms with E-state index < -0.39 is 0 Å². The molecule has 1 aromatic heterocycles. The summed E-state index contributed by atoms with van der Waals surface area (Å²) in [5.41, 5.74) is 2.95. The minimum atomic E-state index is -0.342. The second-order valence-electron chi connectivity index (χ2n) is 6.56. The van der Waals surface area contributed by atoms with Gasteiger partial charge in [0.25, 0.3) is 5.69 Å². The highest BCUT2D eigenvalue weighted by Gasteiger charge is 2.29. The highest BCUT2D eigenvalue weighted by Crippen LogP contribution is 2.33. The Bertz CT molecular complexity index is 825. The average Bonchev–Trinajstić information content (AvgIpc) is 3.24. The van der Waals surface area contributed by atoms with Gasteiger partial charge in [-0.1, -0.05) is 12.2 Å². The number of anilines is 1. The number of nitrogens with zero attached hydrogens (tertiary/aromatic N) is 4. The van der Waals surface area contributed by atoms with E-state index in [-0.39, 0.29) is 10.6 Å². The van der Waals surface area contributed by atoms with Crippen molar-refractivity contribution in [3.05, 3.63) is 52.2 Å². The van der Waals surface area contributed by atoms with E-state index in [1.165, 1.54) is 6.07 Å². The van der Waals surface area contributed by atoms with E-state index >= 15 is 0 Å². The first-order valence-electron chi connectivity index (χ1n) is 8.31. The molecule has 24 heavy (non-hydrogen) atoms. The van der Waals surface area contributed by atoms with Crippen molar-refractivity contribution in [1.29, 1.82) is 0 Å². The van der Waals surface area contributed by atoms with Gasteiger partial charge in [0, 0.05) is 61.1 Å². The number of hydrogen-bond donors (Lipinski definition) is 0. The molecule has 0 spiro atoms. The lowest BCUT2D eigenvalue weighted by Crippen LogP contribution is -2.35. The van der Waals surface area contributed by atoms with Crippen molar-refractivity contribution >= 4 is 22.3 Å². The predicted molar refractivity (Wildman–Crippen MR) is 94.5 cm³/mol. The van der Waals surface area contributed by atoms with Crippen molar-refractivity contribution in [2.75, 3.05) is 31.1 Å². The smallest absolute Gasteiger partial charge is 0.270 e. The van der Waals surface area contributed by atoms with Crippen LogP contribution in [0.2, 0.25) is 0 Å². The maximum absolute atomic E-state index is 11.1. The molecular weight excluding hydrogens is 304 g/mol. The number of aryl methyl sites for hydroxylation is 1. The molecule has 0 amide bonds. The van der Waals surface area contributed by atoms with E-state index in [2.05, 4.69) is 33.0 Å². The van der Waals surface area contributed by atoms with Crippen LogP contribution in [0.3, 0.4) is 0 Å². The maximum Gasteiger partial charge on any atom is 0.270 e. The fourth-order valence-corrected chi connectivity index (χ4v) is 3.75. The molecule has 1 saturated heterocycles. The SMILES string of the molecule is Cc1cc(N2CCC(N3CC=CC3)C2)c2cc([N+](=O)[O-])ccc2n1. The summed E-state index contributed by atoms with van der Waals surface area (Å²) in [6.45, 7) is 5.97. The molecule has 1 unspecified atom stereocenters. The monoisotopic (exact) mass is 324 g/mol. The van der Waals surface area contributed by atoms with Crippen molar-refractivity contribution in [2.45, 2.75) is 19.4 Å². The number of pyridine rings is 1. The molecule has 0 N–H and O–H groups in total. The van der Waals surface area contributed by atoms with Gasteiger partial charge < -0.3 is 4.90 Å². The molecule has 0 radical (unpaired) electrons. The summed E-state index contributed by atoms with van der Waals surface area (Å²) in [5, 5.41) is 12.0. The first-order chi connectivity index (χ1) is 11.6. The van der Waals surface area contributed by atoms with Crippen LogP contribution in [-0.4, -0.2) is 47.0 Å². The first kappa shape index (κ1) is 15.1. The lowest BCUT2D eigenvalue weighted by Gasteiger charge is -2.25. The van der Waals surface area contributed by atoms with Crippen LogP contribution in [0.15, 0.2) is 36.4 Å². The molecule has 2 aliphatic heterocycles. The van der Waals surface area contributed by atoms with Gasteiger partial charge in [-0.15, -0.1) is 0 Å². The Balaban J connectivity index is 1.70. The standard InChI is InChI=1S/C18H20N4O2/c1-13-10-18(16-11-14(22(23)24)4-5-17(16)19-13)21-9-6-15(12-21)20-7-2-3-8-20/h2-5,10-11,15H,6-9,12H2,1H3. The zero-order valence-electron chi connectivity index (χ0n) is 13.7. The van der Waals surface area contributed by atoms with Crippen molar-refractivity contribution in [3.8, 4) is 0 Å². The van der Waals surface area contributed by atoms with Crippen LogP contribution in [0.1, 0.15) is 12.1 Å². The van der Waals surface area contributed by atoms with Gasteiger partial charge in [-0.3, -0.25) is 20.0 Å². The Kier molecular flexibility index (Phi) is 3.69. The van der Waals surface area contributed by atoms with E-state index in [1.807, 2.05) is 6.92 Å². The third-order valence-corrected chi connectivity index (χ3v) is 4.98. The van der Waals surface area contributed by atoms with E-state index in [0.29, 0.717) is 6.04 Å². The van der Waals surface area contributed by atoms with Crippen LogP contribution in [0.25, 0.3) is 10.9 Å².